The molecule has 314 valence electrons. The molecule has 6 rings (SSSR count). The third-order valence-corrected chi connectivity index (χ3v) is 15.6. The third-order valence-electron chi connectivity index (χ3n) is 15.6. The standard InChI is InChI=1S/C58H82/c1-9-17-25-43(13-5)39-57(40-44(14-6)26-18-10-2)53-31-23-21-29-49(53)51-35-33-47(37-55(51)57)48-34-36-52-50-30-22-24-32-54(50)58(56(52)38-48,41-45(15-7)27-19-11-3)42-46(16-8)28-20-12-4/h21-24,29-38,43-46H,9-20,25-28,39-42H2,1-8H3. The van der Waals surface area contributed by atoms with Gasteiger partial charge < -0.3 is 0 Å². The molecule has 0 bridgehead atoms. The van der Waals surface area contributed by atoms with E-state index in [1.165, 1.54) is 162 Å². The fraction of sp³-hybridized carbons (Fsp3) is 0.586. The minimum atomic E-state index is 0.0583. The molecule has 0 saturated heterocycles. The molecule has 0 N–H and O–H groups in total. The lowest BCUT2D eigenvalue weighted by atomic mass is 9.64. The molecule has 0 heteroatoms. The minimum Gasteiger partial charge on any atom is -0.0654 e. The lowest BCUT2D eigenvalue weighted by Gasteiger charge is -2.39. The van der Waals surface area contributed by atoms with Crippen LogP contribution in [0.4, 0.5) is 0 Å². The molecule has 0 heterocycles. The van der Waals surface area contributed by atoms with Crippen LogP contribution in [0.2, 0.25) is 0 Å². The van der Waals surface area contributed by atoms with Crippen molar-refractivity contribution >= 4 is 0 Å². The van der Waals surface area contributed by atoms with E-state index in [9.17, 15) is 0 Å². The number of hydrogen-bond acceptors (Lipinski definition) is 0. The van der Waals surface area contributed by atoms with Gasteiger partial charge in [0.15, 0.2) is 0 Å². The lowest BCUT2D eigenvalue weighted by Crippen LogP contribution is -2.32. The van der Waals surface area contributed by atoms with Crippen molar-refractivity contribution in [1.82, 2.24) is 0 Å². The number of hydrogen-bond donors (Lipinski definition) is 0. The van der Waals surface area contributed by atoms with Gasteiger partial charge in [-0.3, -0.25) is 0 Å². The zero-order valence-corrected chi connectivity index (χ0v) is 38.5. The lowest BCUT2D eigenvalue weighted by molar-refractivity contribution is 0.266. The topological polar surface area (TPSA) is 0 Å². The van der Waals surface area contributed by atoms with Crippen molar-refractivity contribution in [3.8, 4) is 33.4 Å². The van der Waals surface area contributed by atoms with E-state index in [0.717, 1.165) is 23.7 Å². The summed E-state index contributed by atoms with van der Waals surface area (Å²) in [5.41, 5.74) is 15.4. The second-order valence-corrected chi connectivity index (χ2v) is 19.3. The molecule has 4 aromatic rings. The van der Waals surface area contributed by atoms with Crippen molar-refractivity contribution in [3.05, 3.63) is 107 Å². The van der Waals surface area contributed by atoms with Crippen LogP contribution >= 0.6 is 0 Å². The summed E-state index contributed by atoms with van der Waals surface area (Å²) in [6.07, 6.45) is 26.0. The van der Waals surface area contributed by atoms with Gasteiger partial charge in [-0.05, 0) is 117 Å². The van der Waals surface area contributed by atoms with Gasteiger partial charge in [0, 0.05) is 10.8 Å². The van der Waals surface area contributed by atoms with Crippen molar-refractivity contribution in [2.24, 2.45) is 23.7 Å². The average Bonchev–Trinajstić information content (AvgIpc) is 3.69. The first kappa shape index (κ1) is 44.4. The van der Waals surface area contributed by atoms with E-state index in [-0.39, 0.29) is 10.8 Å². The Morgan fingerprint density at radius 3 is 0.931 bits per heavy atom. The molecule has 0 nitrogen and oxygen atoms in total. The van der Waals surface area contributed by atoms with Gasteiger partial charge in [0.05, 0.1) is 0 Å². The van der Waals surface area contributed by atoms with Gasteiger partial charge in [-0.15, -0.1) is 0 Å². The van der Waals surface area contributed by atoms with Crippen LogP contribution in [-0.4, -0.2) is 0 Å². The molecule has 0 saturated carbocycles. The zero-order valence-electron chi connectivity index (χ0n) is 38.5. The number of unbranched alkanes of at least 4 members (excludes halogenated alkanes) is 4. The SMILES string of the molecule is CCCCC(CC)CC1(CC(CC)CCCC)c2ccccc2-c2ccc(-c3ccc4c(c3)C(CC(CC)CCCC)(CC(CC)CCCC)c3ccccc3-4)cc21. The van der Waals surface area contributed by atoms with Crippen LogP contribution in [0.1, 0.15) is 206 Å². The van der Waals surface area contributed by atoms with Gasteiger partial charge in [0.25, 0.3) is 0 Å². The van der Waals surface area contributed by atoms with Crippen LogP contribution < -0.4 is 0 Å². The fourth-order valence-electron chi connectivity index (χ4n) is 12.1. The highest BCUT2D eigenvalue weighted by molar-refractivity contribution is 5.87. The highest BCUT2D eigenvalue weighted by Crippen LogP contribution is 2.59. The zero-order chi connectivity index (χ0) is 41.1. The van der Waals surface area contributed by atoms with Crippen molar-refractivity contribution < 1.29 is 0 Å². The summed E-state index contributed by atoms with van der Waals surface area (Å²) in [5, 5.41) is 0. The fourth-order valence-corrected chi connectivity index (χ4v) is 12.1. The van der Waals surface area contributed by atoms with Gasteiger partial charge in [0.1, 0.15) is 0 Å². The first-order valence-electron chi connectivity index (χ1n) is 24.9. The Kier molecular flexibility index (Phi) is 16.0. The van der Waals surface area contributed by atoms with Gasteiger partial charge in [0.2, 0.25) is 0 Å². The Bertz CT molecular complexity index is 1700. The molecule has 0 fully saturated rings. The number of fused-ring (bicyclic) bond motifs is 6. The van der Waals surface area contributed by atoms with E-state index in [1.54, 1.807) is 22.3 Å². The molecule has 2 aliphatic carbocycles. The van der Waals surface area contributed by atoms with Crippen LogP contribution in [-0.2, 0) is 10.8 Å². The molecule has 0 amide bonds. The Morgan fingerprint density at radius 2 is 0.638 bits per heavy atom. The van der Waals surface area contributed by atoms with Crippen molar-refractivity contribution in [2.45, 2.75) is 195 Å². The Balaban J connectivity index is 1.53. The first-order chi connectivity index (χ1) is 28.4. The van der Waals surface area contributed by atoms with Crippen LogP contribution in [0.15, 0.2) is 84.9 Å². The molecule has 0 spiro atoms. The maximum Gasteiger partial charge on any atom is 0.0220 e. The molecule has 0 aromatic heterocycles. The largest absolute Gasteiger partial charge is 0.0654 e. The van der Waals surface area contributed by atoms with Crippen molar-refractivity contribution in [1.29, 1.82) is 0 Å². The van der Waals surface area contributed by atoms with Crippen molar-refractivity contribution in [2.75, 3.05) is 0 Å². The van der Waals surface area contributed by atoms with E-state index in [4.69, 9.17) is 0 Å². The molecule has 4 aromatic carbocycles. The summed E-state index contributed by atoms with van der Waals surface area (Å²) < 4.78 is 0. The predicted molar refractivity (Wildman–Crippen MR) is 256 cm³/mol. The Morgan fingerprint density at radius 1 is 0.345 bits per heavy atom. The van der Waals surface area contributed by atoms with E-state index < -0.39 is 0 Å². The van der Waals surface area contributed by atoms with Gasteiger partial charge >= 0.3 is 0 Å². The summed E-state index contributed by atoms with van der Waals surface area (Å²) in [4.78, 5) is 0. The maximum atomic E-state index is 2.71. The molecular formula is C58H82. The summed E-state index contributed by atoms with van der Waals surface area (Å²) in [6, 6.07) is 34.7. The molecular weight excluding hydrogens is 697 g/mol. The van der Waals surface area contributed by atoms with E-state index >= 15 is 0 Å². The smallest absolute Gasteiger partial charge is 0.0220 e. The molecule has 0 radical (unpaired) electrons. The quantitative estimate of drug-likeness (QED) is 0.0629. The average molecular weight is 779 g/mol. The van der Waals surface area contributed by atoms with Crippen molar-refractivity contribution in [3.63, 3.8) is 0 Å². The van der Waals surface area contributed by atoms with Gasteiger partial charge in [-0.1, -0.05) is 231 Å². The summed E-state index contributed by atoms with van der Waals surface area (Å²) in [7, 11) is 0. The van der Waals surface area contributed by atoms with Gasteiger partial charge in [-0.25, -0.2) is 0 Å². The Hall–Kier alpha value is -3.12. The maximum absolute atomic E-state index is 2.71. The normalized spacial score (nSPS) is 19.9. The van der Waals surface area contributed by atoms with Crippen LogP contribution in [0.25, 0.3) is 33.4 Å². The van der Waals surface area contributed by atoms with E-state index in [0.29, 0.717) is 0 Å². The molecule has 0 aliphatic heterocycles. The summed E-state index contributed by atoms with van der Waals surface area (Å²) in [5.74, 6) is 2.96. The molecule has 4 unspecified atom stereocenters. The van der Waals surface area contributed by atoms with Crippen LogP contribution in [0, 0.1) is 23.7 Å². The summed E-state index contributed by atoms with van der Waals surface area (Å²) >= 11 is 0. The number of rotatable bonds is 25. The van der Waals surface area contributed by atoms with Gasteiger partial charge in [-0.2, -0.15) is 0 Å². The third kappa shape index (κ3) is 9.13. The van der Waals surface area contributed by atoms with E-state index in [2.05, 4.69) is 140 Å². The Labute approximate surface area is 357 Å². The summed E-state index contributed by atoms with van der Waals surface area (Å²) in [6.45, 7) is 19.3. The highest BCUT2D eigenvalue weighted by Gasteiger charge is 2.47. The highest BCUT2D eigenvalue weighted by atomic mass is 14.5. The monoisotopic (exact) mass is 779 g/mol. The van der Waals surface area contributed by atoms with Crippen LogP contribution in [0.3, 0.4) is 0 Å². The molecule has 2 aliphatic rings. The first-order valence-corrected chi connectivity index (χ1v) is 24.9. The minimum absolute atomic E-state index is 0.0583. The second kappa shape index (κ2) is 20.9. The molecule has 4 atom stereocenters. The van der Waals surface area contributed by atoms with E-state index in [1.807, 2.05) is 0 Å². The molecule has 58 heavy (non-hydrogen) atoms. The number of benzene rings is 4. The second-order valence-electron chi connectivity index (χ2n) is 19.3. The predicted octanol–water partition coefficient (Wildman–Crippen LogP) is 18.3. The van der Waals surface area contributed by atoms with Crippen LogP contribution in [0.5, 0.6) is 0 Å².